The first-order valence-electron chi connectivity index (χ1n) is 24.5. The summed E-state index contributed by atoms with van der Waals surface area (Å²) in [6, 6.07) is 22.6. The lowest BCUT2D eigenvalue weighted by Crippen LogP contribution is -2.30. The van der Waals surface area contributed by atoms with Gasteiger partial charge in [-0.15, -0.1) is 0 Å². The number of hydrogen-bond donors (Lipinski definition) is 0. The zero-order valence-electron chi connectivity index (χ0n) is 39.5. The van der Waals surface area contributed by atoms with Gasteiger partial charge in [-0.2, -0.15) is 26.3 Å². The van der Waals surface area contributed by atoms with Gasteiger partial charge < -0.3 is 4.13 Å². The first kappa shape index (κ1) is 60.8. The van der Waals surface area contributed by atoms with Gasteiger partial charge in [0.2, 0.25) is 0 Å². The molecule has 0 spiro atoms. The monoisotopic (exact) mass is 990 g/mol. The second-order valence-corrected chi connectivity index (χ2v) is 27.7. The Kier molecular flexibility index (Phi) is 33.2. The standard InChI is InChI=1S/C47H83P2.C2F6NO4S2/c1-4-7-10-13-22-33-42-49(43-34-23-14-11-8-5-2,44-35-24-15-12-9-6-3)45-36-25-20-18-16-17-19-21-32-41-48(46-37-28-26-29-38-46)47-39-30-27-31-40-47;3-1(4,5)14(10,11)9-15(12,13)2(6,7)8/h26-31,37-40H,4-25,32-36,41-45H2,1-3H3;/q+1;-1. The molecule has 0 saturated heterocycles. The van der Waals surface area contributed by atoms with Crippen molar-refractivity contribution < 1.29 is 43.2 Å². The number of hydrogen-bond acceptors (Lipinski definition) is 4. The van der Waals surface area contributed by atoms with Crippen molar-refractivity contribution in [3.8, 4) is 0 Å². The van der Waals surface area contributed by atoms with Crippen LogP contribution in [0.25, 0.3) is 4.13 Å². The molecule has 0 aliphatic rings. The lowest BCUT2D eigenvalue weighted by molar-refractivity contribution is -0.0444. The van der Waals surface area contributed by atoms with E-state index in [2.05, 4.69) is 81.4 Å². The number of alkyl halides is 6. The highest BCUT2D eigenvalue weighted by atomic mass is 32.3. The largest absolute Gasteiger partial charge is 0.480 e. The summed E-state index contributed by atoms with van der Waals surface area (Å²) in [5.41, 5.74) is -12.4. The Morgan fingerprint density at radius 1 is 0.406 bits per heavy atom. The van der Waals surface area contributed by atoms with Crippen LogP contribution in [0.4, 0.5) is 26.3 Å². The van der Waals surface area contributed by atoms with Gasteiger partial charge in [0.25, 0.3) is 0 Å². The highest BCUT2D eigenvalue weighted by Crippen LogP contribution is 2.61. The van der Waals surface area contributed by atoms with E-state index in [0.29, 0.717) is 0 Å². The molecule has 372 valence electrons. The normalized spacial score (nSPS) is 12.7. The molecule has 0 aliphatic heterocycles. The average Bonchev–Trinajstić information content (AvgIpc) is 3.24. The smallest absolute Gasteiger partial charge is 0.421 e. The van der Waals surface area contributed by atoms with Crippen molar-refractivity contribution in [3.63, 3.8) is 0 Å². The lowest BCUT2D eigenvalue weighted by Gasteiger charge is -2.28. The van der Waals surface area contributed by atoms with E-state index in [0.717, 1.165) is 4.13 Å². The Labute approximate surface area is 388 Å². The summed E-state index contributed by atoms with van der Waals surface area (Å²) < 4.78 is 109. The Balaban J connectivity index is 0.00000116. The van der Waals surface area contributed by atoms with Crippen LogP contribution in [0, 0.1) is 0 Å². The molecule has 0 fully saturated rings. The van der Waals surface area contributed by atoms with Crippen molar-refractivity contribution in [2.75, 3.05) is 30.8 Å². The van der Waals surface area contributed by atoms with E-state index < -0.39 is 38.3 Å². The molecule has 0 aliphatic carbocycles. The van der Waals surface area contributed by atoms with Crippen molar-refractivity contribution >= 4 is 45.8 Å². The molecule has 0 aromatic heterocycles. The van der Waals surface area contributed by atoms with Gasteiger partial charge in [0, 0.05) is 7.26 Å². The van der Waals surface area contributed by atoms with Gasteiger partial charge in [0.1, 0.15) is 0 Å². The maximum Gasteiger partial charge on any atom is 0.480 e. The molecule has 0 amide bonds. The van der Waals surface area contributed by atoms with Gasteiger partial charge in [-0.05, 0) is 82.5 Å². The molecule has 0 unspecified atom stereocenters. The summed E-state index contributed by atoms with van der Waals surface area (Å²) in [4.78, 5) is 0. The number of benzene rings is 2. The molecule has 5 nitrogen and oxygen atoms in total. The SMILES string of the molecule is CCCCCCCC[P+](CCCCCCCC)(CCCCCCCC)CCCCCCCCCCCP(c1ccccc1)c1ccccc1.O=S(=O)([N-]S(=O)(=O)C(F)(F)F)C(F)(F)F. The molecule has 2 rings (SSSR count). The predicted molar refractivity (Wildman–Crippen MR) is 265 cm³/mol. The van der Waals surface area contributed by atoms with Gasteiger partial charge in [0.15, 0.2) is 20.0 Å². The maximum absolute atomic E-state index is 11.4. The van der Waals surface area contributed by atoms with Gasteiger partial charge >= 0.3 is 11.0 Å². The summed E-state index contributed by atoms with van der Waals surface area (Å²) in [5.74, 6) is 0. The number of rotatable bonds is 37. The number of nitrogens with zero attached hydrogens (tertiary/aromatic N) is 1. The zero-order valence-corrected chi connectivity index (χ0v) is 42.9. The number of sulfonamides is 2. The molecular formula is C49H83F6NO4P2S2. The molecule has 0 bridgehead atoms. The third-order valence-electron chi connectivity index (χ3n) is 11.9. The fourth-order valence-electron chi connectivity index (χ4n) is 8.14. The lowest BCUT2D eigenvalue weighted by atomic mass is 10.1. The minimum Gasteiger partial charge on any atom is -0.421 e. The Morgan fingerprint density at radius 3 is 0.922 bits per heavy atom. The Bertz CT molecular complexity index is 1510. The van der Waals surface area contributed by atoms with Gasteiger partial charge in [-0.1, -0.05) is 197 Å². The second-order valence-electron chi connectivity index (χ2n) is 17.5. The minimum atomic E-state index is -6.72. The van der Waals surface area contributed by atoms with Gasteiger partial charge in [-0.25, -0.2) is 16.8 Å². The fourth-order valence-corrected chi connectivity index (χ4v) is 17.2. The van der Waals surface area contributed by atoms with Crippen molar-refractivity contribution in [3.05, 3.63) is 64.8 Å². The van der Waals surface area contributed by atoms with Crippen LogP contribution < -0.4 is 10.6 Å². The summed E-state index contributed by atoms with van der Waals surface area (Å²) in [6.45, 7) is 7.06. The van der Waals surface area contributed by atoms with Crippen LogP contribution in [0.1, 0.15) is 194 Å². The topological polar surface area (TPSA) is 82.4 Å². The quantitative estimate of drug-likeness (QED) is 0.0384. The van der Waals surface area contributed by atoms with Crippen LogP contribution in [0.15, 0.2) is 60.7 Å². The Morgan fingerprint density at radius 2 is 0.656 bits per heavy atom. The van der Waals surface area contributed by atoms with E-state index in [1.165, 1.54) is 160 Å². The molecule has 64 heavy (non-hydrogen) atoms. The molecule has 0 saturated carbocycles. The zero-order chi connectivity index (χ0) is 47.6. The Hall–Kier alpha value is -1.26. The second kappa shape index (κ2) is 34.9. The van der Waals surface area contributed by atoms with Crippen LogP contribution in [0.5, 0.6) is 0 Å². The highest BCUT2D eigenvalue weighted by molar-refractivity contribution is 8.13. The third kappa shape index (κ3) is 27.5. The van der Waals surface area contributed by atoms with E-state index in [1.54, 1.807) is 54.5 Å². The van der Waals surface area contributed by atoms with Crippen LogP contribution in [0.3, 0.4) is 0 Å². The molecule has 0 heterocycles. The van der Waals surface area contributed by atoms with E-state index >= 15 is 0 Å². The van der Waals surface area contributed by atoms with Crippen LogP contribution in [-0.2, 0) is 20.0 Å². The van der Waals surface area contributed by atoms with Gasteiger partial charge in [-0.3, -0.25) is 0 Å². The number of unbranched alkanes of at least 4 members (excludes halogenated alkanes) is 23. The van der Waals surface area contributed by atoms with Crippen molar-refractivity contribution in [2.24, 2.45) is 0 Å². The molecule has 0 radical (unpaired) electrons. The number of halogens is 6. The molecule has 0 N–H and O–H groups in total. The van der Waals surface area contributed by atoms with Crippen molar-refractivity contribution in [2.45, 2.75) is 205 Å². The fraction of sp³-hybridized carbons (Fsp3) is 0.755. The minimum absolute atomic E-state index is 0.217. The molecule has 0 atom stereocenters. The summed E-state index contributed by atoms with van der Waals surface area (Å²) >= 11 is 0. The summed E-state index contributed by atoms with van der Waals surface area (Å²) in [6.07, 6.45) is 47.5. The molecular weight excluding hydrogens is 907 g/mol. The van der Waals surface area contributed by atoms with E-state index in [-0.39, 0.29) is 7.92 Å². The maximum atomic E-state index is 11.4. The van der Waals surface area contributed by atoms with Crippen LogP contribution in [-0.4, -0.2) is 58.7 Å². The molecule has 2 aromatic rings. The van der Waals surface area contributed by atoms with Crippen molar-refractivity contribution in [1.82, 2.24) is 0 Å². The predicted octanol–water partition coefficient (Wildman–Crippen LogP) is 16.8. The first-order valence-corrected chi connectivity index (χ1v) is 31.5. The van der Waals surface area contributed by atoms with Gasteiger partial charge in [0.05, 0.1) is 24.6 Å². The summed E-state index contributed by atoms with van der Waals surface area (Å²) in [5, 5.41) is 3.09. The average molecular weight is 990 g/mol. The van der Waals surface area contributed by atoms with Crippen LogP contribution in [0.2, 0.25) is 0 Å². The molecule has 15 heteroatoms. The first-order chi connectivity index (χ1) is 30.5. The van der Waals surface area contributed by atoms with Crippen molar-refractivity contribution in [1.29, 1.82) is 0 Å². The summed E-state index contributed by atoms with van der Waals surface area (Å²) in [7, 11) is -14.4. The molecule has 2 aromatic carbocycles. The van der Waals surface area contributed by atoms with E-state index in [4.69, 9.17) is 0 Å². The van der Waals surface area contributed by atoms with E-state index in [1.807, 2.05) is 0 Å². The van der Waals surface area contributed by atoms with E-state index in [9.17, 15) is 43.2 Å². The highest BCUT2D eigenvalue weighted by Gasteiger charge is 2.47. The van der Waals surface area contributed by atoms with Crippen LogP contribution >= 0.6 is 15.2 Å². The third-order valence-corrected chi connectivity index (χ3v) is 22.3.